The molecule has 4 nitrogen and oxygen atoms in total. The molecule has 0 bridgehead atoms. The Balaban J connectivity index is 1.80. The summed E-state index contributed by atoms with van der Waals surface area (Å²) in [6, 6.07) is 0. The van der Waals surface area contributed by atoms with Gasteiger partial charge < -0.3 is 19.7 Å². The van der Waals surface area contributed by atoms with E-state index in [9.17, 15) is 10.2 Å². The van der Waals surface area contributed by atoms with Crippen molar-refractivity contribution in [3.05, 3.63) is 25.3 Å². The molecule has 2 aliphatic rings. The highest BCUT2D eigenvalue weighted by molar-refractivity contribution is 5.13. The number of aliphatic hydroxyl groups excluding tert-OH is 2. The van der Waals surface area contributed by atoms with Crippen LogP contribution in [-0.2, 0) is 9.47 Å². The van der Waals surface area contributed by atoms with Crippen LogP contribution in [0.5, 0.6) is 0 Å². The van der Waals surface area contributed by atoms with E-state index in [-0.39, 0.29) is 23.9 Å². The normalized spacial score (nSPS) is 42.6. The summed E-state index contributed by atoms with van der Waals surface area (Å²) in [6.45, 7) is 9.07. The van der Waals surface area contributed by atoms with Gasteiger partial charge in [0.05, 0.1) is 17.8 Å². The molecule has 0 amide bonds. The maximum Gasteiger partial charge on any atom is 0.116 e. The smallest absolute Gasteiger partial charge is 0.116 e. The van der Waals surface area contributed by atoms with Crippen LogP contribution in [0.2, 0.25) is 0 Å². The topological polar surface area (TPSA) is 65.5 Å². The largest absolute Gasteiger partial charge is 0.390 e. The lowest BCUT2D eigenvalue weighted by Crippen LogP contribution is -2.24. The molecule has 0 spiro atoms. The lowest BCUT2D eigenvalue weighted by molar-refractivity contribution is 0.138. The number of hydrogen-bond acceptors (Lipinski definition) is 4. The molecule has 2 N–H and O–H groups in total. The molecule has 2 saturated heterocycles. The first kappa shape index (κ1) is 12.8. The molecule has 6 atom stereocenters. The molecule has 0 aromatic heterocycles. The fourth-order valence-electron chi connectivity index (χ4n) is 2.33. The lowest BCUT2D eigenvalue weighted by Gasteiger charge is -2.08. The van der Waals surface area contributed by atoms with E-state index in [1.165, 1.54) is 6.08 Å². The van der Waals surface area contributed by atoms with Gasteiger partial charge in [-0.25, -0.2) is 0 Å². The average molecular weight is 240 g/mol. The van der Waals surface area contributed by atoms with Crippen molar-refractivity contribution in [1.82, 2.24) is 0 Å². The first-order valence-corrected chi connectivity index (χ1v) is 5.94. The summed E-state index contributed by atoms with van der Waals surface area (Å²) in [5, 5.41) is 19.2. The number of rotatable bonds is 7. The van der Waals surface area contributed by atoms with Gasteiger partial charge in [0.15, 0.2) is 0 Å². The molecule has 0 aromatic rings. The molecule has 2 fully saturated rings. The van der Waals surface area contributed by atoms with Crippen molar-refractivity contribution in [2.24, 2.45) is 0 Å². The third kappa shape index (κ3) is 2.60. The van der Waals surface area contributed by atoms with Crippen molar-refractivity contribution >= 4 is 0 Å². The van der Waals surface area contributed by atoms with Gasteiger partial charge in [-0.3, -0.25) is 0 Å². The average Bonchev–Trinajstić information content (AvgIpc) is 3.14. The molecule has 17 heavy (non-hydrogen) atoms. The minimum absolute atomic E-state index is 0.0263. The first-order chi connectivity index (χ1) is 8.01. The molecular weight excluding hydrogens is 220 g/mol. The molecule has 0 radical (unpaired) electrons. The summed E-state index contributed by atoms with van der Waals surface area (Å²) < 4.78 is 11.0. The SMILES string of the molecule is C=CC[C@H](O)[C@@H]1O[C@H]1[C@H]1O[C@]1(C)C[C@H](O)C=C. The summed E-state index contributed by atoms with van der Waals surface area (Å²) in [4.78, 5) is 0. The molecule has 2 rings (SSSR count). The lowest BCUT2D eigenvalue weighted by atomic mass is 9.96. The van der Waals surface area contributed by atoms with Crippen LogP contribution in [0.3, 0.4) is 0 Å². The van der Waals surface area contributed by atoms with Crippen molar-refractivity contribution in [2.75, 3.05) is 0 Å². The van der Waals surface area contributed by atoms with Crippen LogP contribution >= 0.6 is 0 Å². The Kier molecular flexibility index (Phi) is 3.41. The van der Waals surface area contributed by atoms with Crippen molar-refractivity contribution in [3.63, 3.8) is 0 Å². The maximum absolute atomic E-state index is 9.72. The quantitative estimate of drug-likeness (QED) is 0.510. The molecule has 2 aliphatic heterocycles. The molecule has 0 aliphatic carbocycles. The fourth-order valence-corrected chi connectivity index (χ4v) is 2.33. The zero-order valence-corrected chi connectivity index (χ0v) is 10.1. The summed E-state index contributed by atoms with van der Waals surface area (Å²) in [7, 11) is 0. The zero-order valence-electron chi connectivity index (χ0n) is 10.1. The highest BCUT2D eigenvalue weighted by Gasteiger charge is 2.65. The second kappa shape index (κ2) is 4.53. The van der Waals surface area contributed by atoms with Gasteiger partial charge in [-0.2, -0.15) is 0 Å². The van der Waals surface area contributed by atoms with Crippen LogP contribution in [0.15, 0.2) is 25.3 Å². The Hall–Kier alpha value is -0.680. The van der Waals surface area contributed by atoms with Crippen LogP contribution in [0.4, 0.5) is 0 Å². The van der Waals surface area contributed by atoms with Crippen LogP contribution in [-0.4, -0.2) is 46.3 Å². The number of hydrogen-bond donors (Lipinski definition) is 2. The van der Waals surface area contributed by atoms with Gasteiger partial charge in [-0.1, -0.05) is 12.2 Å². The Bertz CT molecular complexity index is 317. The number of epoxide rings is 2. The molecule has 0 aromatic carbocycles. The Morgan fingerprint density at radius 2 is 2.12 bits per heavy atom. The van der Waals surface area contributed by atoms with Gasteiger partial charge in [-0.05, 0) is 13.3 Å². The minimum Gasteiger partial charge on any atom is -0.390 e. The third-order valence-electron chi connectivity index (χ3n) is 3.47. The van der Waals surface area contributed by atoms with Gasteiger partial charge in [0.1, 0.15) is 18.3 Å². The predicted molar refractivity (Wildman–Crippen MR) is 63.6 cm³/mol. The first-order valence-electron chi connectivity index (χ1n) is 5.94. The van der Waals surface area contributed by atoms with Crippen LogP contribution < -0.4 is 0 Å². The summed E-state index contributed by atoms with van der Waals surface area (Å²) in [6.07, 6.45) is 2.94. The monoisotopic (exact) mass is 240 g/mol. The molecule has 0 saturated carbocycles. The van der Waals surface area contributed by atoms with E-state index in [2.05, 4.69) is 13.2 Å². The molecule has 2 heterocycles. The van der Waals surface area contributed by atoms with Gasteiger partial charge >= 0.3 is 0 Å². The summed E-state index contributed by atoms with van der Waals surface area (Å²) >= 11 is 0. The van der Waals surface area contributed by atoms with Gasteiger partial charge in [0.25, 0.3) is 0 Å². The van der Waals surface area contributed by atoms with Gasteiger partial charge in [0, 0.05) is 6.42 Å². The van der Waals surface area contributed by atoms with E-state index >= 15 is 0 Å². The number of ether oxygens (including phenoxy) is 2. The Labute approximate surface area is 102 Å². The van der Waals surface area contributed by atoms with Crippen molar-refractivity contribution < 1.29 is 19.7 Å². The summed E-state index contributed by atoms with van der Waals surface area (Å²) in [5.74, 6) is 0. The van der Waals surface area contributed by atoms with Crippen molar-refractivity contribution in [3.8, 4) is 0 Å². The molecule has 96 valence electrons. The predicted octanol–water partition coefficient (Wildman–Crippen LogP) is 0.785. The Morgan fingerprint density at radius 1 is 1.41 bits per heavy atom. The van der Waals surface area contributed by atoms with Gasteiger partial charge in [0.2, 0.25) is 0 Å². The number of aliphatic hydroxyl groups is 2. The molecule has 0 unspecified atom stereocenters. The van der Waals surface area contributed by atoms with Crippen molar-refractivity contribution in [2.45, 2.75) is 55.9 Å². The third-order valence-corrected chi connectivity index (χ3v) is 3.47. The highest BCUT2D eigenvalue weighted by atomic mass is 16.7. The second-order valence-corrected chi connectivity index (χ2v) is 5.02. The molecule has 4 heteroatoms. The van der Waals surface area contributed by atoms with E-state index in [0.717, 1.165) is 0 Å². The molecular formula is C13H20O4. The van der Waals surface area contributed by atoms with Crippen LogP contribution in [0.1, 0.15) is 19.8 Å². The fraction of sp³-hybridized carbons (Fsp3) is 0.692. The van der Waals surface area contributed by atoms with E-state index < -0.39 is 12.2 Å². The maximum atomic E-state index is 9.72. The summed E-state index contributed by atoms with van der Waals surface area (Å²) in [5.41, 5.74) is -0.346. The minimum atomic E-state index is -0.555. The van der Waals surface area contributed by atoms with Crippen LogP contribution in [0.25, 0.3) is 0 Å². The van der Waals surface area contributed by atoms with E-state index in [4.69, 9.17) is 9.47 Å². The van der Waals surface area contributed by atoms with Crippen LogP contribution in [0, 0.1) is 0 Å². The van der Waals surface area contributed by atoms with E-state index in [1.54, 1.807) is 6.08 Å². The highest BCUT2D eigenvalue weighted by Crippen LogP contribution is 2.50. The van der Waals surface area contributed by atoms with Gasteiger partial charge in [-0.15, -0.1) is 13.2 Å². The van der Waals surface area contributed by atoms with E-state index in [1.807, 2.05) is 6.92 Å². The standard InChI is InChI=1S/C13H20O4/c1-4-6-9(15)10-11(16-10)12-13(3,17-12)7-8(14)5-2/h4-5,8-12,14-15H,1-2,6-7H2,3H3/t8-,9+,10+,11-,12-,13-/m1/s1. The van der Waals surface area contributed by atoms with E-state index in [0.29, 0.717) is 12.8 Å². The zero-order chi connectivity index (χ0) is 12.6. The van der Waals surface area contributed by atoms with Crippen molar-refractivity contribution in [1.29, 1.82) is 0 Å². The second-order valence-electron chi connectivity index (χ2n) is 5.02. The Morgan fingerprint density at radius 3 is 2.71 bits per heavy atom.